The zero-order valence-corrected chi connectivity index (χ0v) is 10.5. The van der Waals surface area contributed by atoms with Crippen molar-refractivity contribution < 1.29 is 9.59 Å². The molecule has 0 bridgehead atoms. The predicted molar refractivity (Wildman–Crippen MR) is 68.8 cm³/mol. The highest BCUT2D eigenvalue weighted by molar-refractivity contribution is 6.00. The van der Waals surface area contributed by atoms with Gasteiger partial charge in [-0.15, -0.1) is 5.10 Å². The van der Waals surface area contributed by atoms with E-state index in [9.17, 15) is 9.59 Å². The molecule has 1 fully saturated rings. The van der Waals surface area contributed by atoms with Crippen molar-refractivity contribution in [3.8, 4) is 5.69 Å². The average molecular weight is 272 g/mol. The fourth-order valence-electron chi connectivity index (χ4n) is 2.23. The average Bonchev–Trinajstić information content (AvgIpc) is 3.08. The van der Waals surface area contributed by atoms with Crippen LogP contribution in [0.3, 0.4) is 0 Å². The molecule has 8 nitrogen and oxygen atoms in total. The largest absolute Gasteiger partial charge is 0.369 e. The number of nitrogens with two attached hydrogens (primary N) is 1. The molecule has 1 atom stereocenters. The molecule has 8 heteroatoms. The minimum Gasteiger partial charge on any atom is -0.369 e. The number of anilines is 1. The normalized spacial score (nSPS) is 18.5. The second kappa shape index (κ2) is 4.72. The number of nitrogens with zero attached hydrogens (tertiary/aromatic N) is 5. The molecule has 1 aliphatic rings. The molecule has 20 heavy (non-hydrogen) atoms. The van der Waals surface area contributed by atoms with Crippen LogP contribution in [0.25, 0.3) is 5.69 Å². The summed E-state index contributed by atoms with van der Waals surface area (Å²) in [5.74, 6) is -0.987. The summed E-state index contributed by atoms with van der Waals surface area (Å²) in [6, 6.07) is 7.22. The van der Waals surface area contributed by atoms with Gasteiger partial charge in [-0.05, 0) is 28.6 Å². The molecule has 3 rings (SSSR count). The number of hydrogen-bond acceptors (Lipinski definition) is 5. The molecule has 2 heterocycles. The van der Waals surface area contributed by atoms with E-state index >= 15 is 0 Å². The third-order valence-electron chi connectivity index (χ3n) is 3.28. The highest BCUT2D eigenvalue weighted by Gasteiger charge is 2.33. The molecule has 1 aromatic heterocycles. The third kappa shape index (κ3) is 2.11. The molecule has 0 saturated carbocycles. The summed E-state index contributed by atoms with van der Waals surface area (Å²) in [7, 11) is 0. The van der Waals surface area contributed by atoms with Crippen LogP contribution in [0.5, 0.6) is 0 Å². The number of tetrazole rings is 1. The maximum atomic E-state index is 12.0. The first-order valence-corrected chi connectivity index (χ1v) is 6.08. The van der Waals surface area contributed by atoms with Gasteiger partial charge in [0, 0.05) is 18.7 Å². The lowest BCUT2D eigenvalue weighted by Gasteiger charge is -2.17. The van der Waals surface area contributed by atoms with E-state index in [1.165, 1.54) is 11.0 Å². The van der Waals surface area contributed by atoms with E-state index in [0.29, 0.717) is 12.2 Å². The van der Waals surface area contributed by atoms with E-state index in [1.54, 1.807) is 23.1 Å². The van der Waals surface area contributed by atoms with Crippen molar-refractivity contribution in [3.63, 3.8) is 0 Å². The topological polar surface area (TPSA) is 107 Å². The summed E-state index contributed by atoms with van der Waals surface area (Å²) in [5, 5.41) is 10.9. The molecular formula is C12H12N6O2. The quantitative estimate of drug-likeness (QED) is 0.810. The molecule has 1 aromatic carbocycles. The van der Waals surface area contributed by atoms with E-state index in [0.717, 1.165) is 5.69 Å². The number of aromatic nitrogens is 4. The van der Waals surface area contributed by atoms with Gasteiger partial charge in [-0.2, -0.15) is 0 Å². The zero-order chi connectivity index (χ0) is 14.1. The van der Waals surface area contributed by atoms with Gasteiger partial charge in [0.2, 0.25) is 11.8 Å². The van der Waals surface area contributed by atoms with Crippen LogP contribution in [-0.2, 0) is 9.59 Å². The van der Waals surface area contributed by atoms with Gasteiger partial charge in [0.15, 0.2) is 0 Å². The lowest BCUT2D eigenvalue weighted by atomic mass is 10.1. The minimum atomic E-state index is -0.447. The fourth-order valence-corrected chi connectivity index (χ4v) is 2.23. The Morgan fingerprint density at radius 2 is 2.15 bits per heavy atom. The van der Waals surface area contributed by atoms with Gasteiger partial charge in [-0.1, -0.05) is 6.07 Å². The standard InChI is InChI=1S/C12H12N6O2/c13-12(20)8-4-11(19)17(6-8)9-2-1-3-10(5-9)18-7-14-15-16-18/h1-3,5,7-8H,4,6H2,(H2,13,20). The fraction of sp³-hybridized carbons (Fsp3) is 0.250. The maximum absolute atomic E-state index is 12.0. The molecule has 1 saturated heterocycles. The Bertz CT molecular complexity index is 654. The summed E-state index contributed by atoms with van der Waals surface area (Å²) < 4.78 is 1.50. The zero-order valence-electron chi connectivity index (χ0n) is 10.5. The van der Waals surface area contributed by atoms with E-state index in [2.05, 4.69) is 15.5 Å². The molecule has 2 aromatic rings. The first-order valence-electron chi connectivity index (χ1n) is 6.08. The lowest BCUT2D eigenvalue weighted by molar-refractivity contribution is -0.123. The van der Waals surface area contributed by atoms with Gasteiger partial charge in [0.25, 0.3) is 0 Å². The van der Waals surface area contributed by atoms with Crippen LogP contribution in [0, 0.1) is 5.92 Å². The Labute approximate surface area is 114 Å². The molecule has 2 amide bonds. The van der Waals surface area contributed by atoms with Gasteiger partial charge in [0.05, 0.1) is 11.6 Å². The van der Waals surface area contributed by atoms with E-state index in [1.807, 2.05) is 6.07 Å². The first-order chi connectivity index (χ1) is 9.65. The van der Waals surface area contributed by atoms with Crippen molar-refractivity contribution in [3.05, 3.63) is 30.6 Å². The van der Waals surface area contributed by atoms with Crippen LogP contribution < -0.4 is 10.6 Å². The summed E-state index contributed by atoms with van der Waals surface area (Å²) >= 11 is 0. The van der Waals surface area contributed by atoms with Gasteiger partial charge in [-0.3, -0.25) is 9.59 Å². The van der Waals surface area contributed by atoms with Gasteiger partial charge < -0.3 is 10.6 Å². The van der Waals surface area contributed by atoms with Gasteiger partial charge in [0.1, 0.15) is 6.33 Å². The van der Waals surface area contributed by atoms with Crippen LogP contribution in [0.4, 0.5) is 5.69 Å². The van der Waals surface area contributed by atoms with Crippen LogP contribution in [-0.4, -0.2) is 38.6 Å². The van der Waals surface area contributed by atoms with Crippen LogP contribution in [0.15, 0.2) is 30.6 Å². The molecule has 1 unspecified atom stereocenters. The lowest BCUT2D eigenvalue weighted by Crippen LogP contribution is -2.28. The van der Waals surface area contributed by atoms with Crippen molar-refractivity contribution in [1.82, 2.24) is 20.2 Å². The summed E-state index contributed by atoms with van der Waals surface area (Å²) in [4.78, 5) is 24.7. The number of hydrogen-bond donors (Lipinski definition) is 1. The van der Waals surface area contributed by atoms with E-state index in [4.69, 9.17) is 5.73 Å². The summed E-state index contributed by atoms with van der Waals surface area (Å²) in [5.41, 5.74) is 6.70. The Morgan fingerprint density at radius 1 is 1.35 bits per heavy atom. The monoisotopic (exact) mass is 272 g/mol. The Kier molecular flexibility index (Phi) is 2.90. The number of primary amides is 1. The SMILES string of the molecule is NC(=O)C1CC(=O)N(c2cccc(-n3cnnn3)c2)C1. The Balaban J connectivity index is 1.90. The smallest absolute Gasteiger partial charge is 0.227 e. The van der Waals surface area contributed by atoms with Crippen LogP contribution >= 0.6 is 0 Å². The second-order valence-electron chi connectivity index (χ2n) is 4.58. The molecule has 1 aliphatic heterocycles. The van der Waals surface area contributed by atoms with Crippen molar-refractivity contribution in [2.24, 2.45) is 11.7 Å². The van der Waals surface area contributed by atoms with Crippen molar-refractivity contribution in [2.45, 2.75) is 6.42 Å². The Morgan fingerprint density at radius 3 is 2.80 bits per heavy atom. The van der Waals surface area contributed by atoms with Crippen LogP contribution in [0.1, 0.15) is 6.42 Å². The van der Waals surface area contributed by atoms with E-state index < -0.39 is 11.8 Å². The predicted octanol–water partition coefficient (Wildman–Crippen LogP) is -0.500. The molecule has 0 radical (unpaired) electrons. The van der Waals surface area contributed by atoms with Crippen LogP contribution in [0.2, 0.25) is 0 Å². The number of carbonyl (C=O) groups is 2. The molecule has 2 N–H and O–H groups in total. The van der Waals surface area contributed by atoms with Gasteiger partial charge >= 0.3 is 0 Å². The third-order valence-corrected chi connectivity index (χ3v) is 3.28. The molecular weight excluding hydrogens is 260 g/mol. The molecule has 0 spiro atoms. The highest BCUT2D eigenvalue weighted by Crippen LogP contribution is 2.26. The number of rotatable bonds is 3. The minimum absolute atomic E-state index is 0.109. The maximum Gasteiger partial charge on any atom is 0.227 e. The van der Waals surface area contributed by atoms with Crippen molar-refractivity contribution >= 4 is 17.5 Å². The molecule has 102 valence electrons. The van der Waals surface area contributed by atoms with Gasteiger partial charge in [-0.25, -0.2) is 4.68 Å². The number of carbonyl (C=O) groups excluding carboxylic acids is 2. The number of amides is 2. The second-order valence-corrected chi connectivity index (χ2v) is 4.58. The van der Waals surface area contributed by atoms with Crippen molar-refractivity contribution in [1.29, 1.82) is 0 Å². The first kappa shape index (κ1) is 12.3. The van der Waals surface area contributed by atoms with E-state index in [-0.39, 0.29) is 12.3 Å². The van der Waals surface area contributed by atoms with Crippen molar-refractivity contribution in [2.75, 3.05) is 11.4 Å². The summed E-state index contributed by atoms with van der Waals surface area (Å²) in [6.07, 6.45) is 1.63. The number of benzene rings is 1. The highest BCUT2D eigenvalue weighted by atomic mass is 16.2. The Hall–Kier alpha value is -2.77. The summed E-state index contributed by atoms with van der Waals surface area (Å²) in [6.45, 7) is 0.313. The molecule has 0 aliphatic carbocycles.